The largest absolute Gasteiger partial charge is 0.408 e. The first-order valence-corrected chi connectivity index (χ1v) is 14.4. The highest BCUT2D eigenvalue weighted by Gasteiger charge is 2.55. The molecule has 5 aliphatic rings. The Hall–Kier alpha value is -2.22. The van der Waals surface area contributed by atoms with Gasteiger partial charge in [0.2, 0.25) is 17.7 Å². The number of hydrazine groups is 1. The van der Waals surface area contributed by atoms with E-state index in [0.717, 1.165) is 27.9 Å². The van der Waals surface area contributed by atoms with E-state index >= 15 is 0 Å². The smallest absolute Gasteiger partial charge is 0.341 e. The Balaban J connectivity index is 1.19. The average Bonchev–Trinajstić information content (AvgIpc) is 3.64. The van der Waals surface area contributed by atoms with Gasteiger partial charge in [-0.3, -0.25) is 25.2 Å². The van der Waals surface area contributed by atoms with Crippen molar-refractivity contribution in [1.29, 1.82) is 0 Å². The molecule has 212 valence electrons. The Kier molecular flexibility index (Phi) is 6.92. The summed E-state index contributed by atoms with van der Waals surface area (Å²) in [5, 5.41) is 3.35. The van der Waals surface area contributed by atoms with Crippen LogP contribution in [0.5, 0.6) is 0 Å². The zero-order chi connectivity index (χ0) is 27.5. The number of piperidine rings is 2. The van der Waals surface area contributed by atoms with E-state index in [1.54, 1.807) is 12.1 Å². The Bertz CT molecular complexity index is 1170. The van der Waals surface area contributed by atoms with Crippen LogP contribution >= 0.6 is 15.9 Å². The number of nitrogens with one attached hydrogen (secondary N) is 3. The molecule has 0 bridgehead atoms. The number of hydrogen-bond donors (Lipinski definition) is 3. The maximum absolute atomic E-state index is 14.0. The SMILES string of the molecule is O=C(C1CC2CNNC2CN1)N1CCC2(CC1)C(=O)N(CC(=O)N1CCC[C@H]1C(F)(F)F)c1cccc(Br)c12. The third-order valence-electron chi connectivity index (χ3n) is 9.23. The number of rotatable bonds is 3. The number of anilines is 1. The second-order valence-corrected chi connectivity index (χ2v) is 12.2. The molecule has 13 heteroatoms. The fourth-order valence-electron chi connectivity index (χ4n) is 7.16. The van der Waals surface area contributed by atoms with E-state index < -0.39 is 30.1 Å². The molecule has 3 amide bonds. The van der Waals surface area contributed by atoms with Gasteiger partial charge >= 0.3 is 6.18 Å². The zero-order valence-electron chi connectivity index (χ0n) is 21.4. The second kappa shape index (κ2) is 10.0. The van der Waals surface area contributed by atoms with E-state index in [1.807, 2.05) is 11.0 Å². The minimum atomic E-state index is -4.50. The minimum absolute atomic E-state index is 0.0293. The quantitative estimate of drug-likeness (QED) is 0.481. The molecule has 4 fully saturated rings. The van der Waals surface area contributed by atoms with Gasteiger partial charge in [0.1, 0.15) is 12.6 Å². The van der Waals surface area contributed by atoms with Gasteiger partial charge in [0.25, 0.3) is 0 Å². The van der Waals surface area contributed by atoms with Gasteiger partial charge < -0.3 is 20.0 Å². The van der Waals surface area contributed by atoms with Crippen LogP contribution in [-0.4, -0.2) is 91.1 Å². The van der Waals surface area contributed by atoms with Crippen molar-refractivity contribution in [3.63, 3.8) is 0 Å². The molecule has 3 unspecified atom stereocenters. The molecule has 4 atom stereocenters. The third-order valence-corrected chi connectivity index (χ3v) is 9.89. The highest BCUT2D eigenvalue weighted by molar-refractivity contribution is 9.10. The number of likely N-dealkylation sites (tertiary alicyclic amines) is 2. The van der Waals surface area contributed by atoms with Crippen molar-refractivity contribution >= 4 is 39.3 Å². The number of halogens is 4. The summed E-state index contributed by atoms with van der Waals surface area (Å²) in [4.78, 5) is 44.5. The van der Waals surface area contributed by atoms with Crippen molar-refractivity contribution in [2.75, 3.05) is 44.2 Å². The van der Waals surface area contributed by atoms with Crippen LogP contribution < -0.4 is 21.1 Å². The van der Waals surface area contributed by atoms with Gasteiger partial charge in [0.15, 0.2) is 0 Å². The summed E-state index contributed by atoms with van der Waals surface area (Å²) in [5.74, 6) is -0.563. The van der Waals surface area contributed by atoms with E-state index in [-0.39, 0.29) is 37.2 Å². The van der Waals surface area contributed by atoms with Crippen molar-refractivity contribution in [3.05, 3.63) is 28.2 Å². The summed E-state index contributed by atoms with van der Waals surface area (Å²) >= 11 is 3.59. The molecule has 0 saturated carbocycles. The lowest BCUT2D eigenvalue weighted by atomic mass is 9.73. The summed E-state index contributed by atoms with van der Waals surface area (Å²) in [6.45, 7) is 1.90. The molecule has 5 heterocycles. The fourth-order valence-corrected chi connectivity index (χ4v) is 7.89. The number of amides is 3. The molecule has 1 aromatic rings. The number of fused-ring (bicyclic) bond motifs is 3. The maximum atomic E-state index is 14.0. The standard InChI is InChI=1S/C26H32BrF3N6O3/c27-16-3-1-4-19-22(16)25(24(39)36(19)14-21(37)35-8-2-5-20(35)26(28,29)30)6-9-34(10-7-25)23(38)17-11-15-12-32-33-18(15)13-31-17/h1,3-4,15,17-18,20,31-33H,2,5-14H2/t15?,17?,18?,20-/m0/s1. The molecule has 9 nitrogen and oxygen atoms in total. The van der Waals surface area contributed by atoms with Crippen LogP contribution in [0.4, 0.5) is 18.9 Å². The highest BCUT2D eigenvalue weighted by atomic mass is 79.9. The summed E-state index contributed by atoms with van der Waals surface area (Å²) in [5.41, 5.74) is 6.75. The molecule has 4 saturated heterocycles. The van der Waals surface area contributed by atoms with Crippen LogP contribution in [0.1, 0.15) is 37.7 Å². The highest BCUT2D eigenvalue weighted by Crippen LogP contribution is 2.51. The monoisotopic (exact) mass is 612 g/mol. The van der Waals surface area contributed by atoms with E-state index in [2.05, 4.69) is 32.1 Å². The predicted octanol–water partition coefficient (Wildman–Crippen LogP) is 1.66. The van der Waals surface area contributed by atoms with Gasteiger partial charge in [0, 0.05) is 54.5 Å². The van der Waals surface area contributed by atoms with Gasteiger partial charge in [-0.15, -0.1) is 0 Å². The van der Waals surface area contributed by atoms with Crippen LogP contribution in [-0.2, 0) is 19.8 Å². The number of hydrogen-bond acceptors (Lipinski definition) is 6. The average molecular weight is 613 g/mol. The van der Waals surface area contributed by atoms with Crippen molar-refractivity contribution in [1.82, 2.24) is 26.0 Å². The first kappa shape index (κ1) is 27.0. The van der Waals surface area contributed by atoms with Gasteiger partial charge in [0.05, 0.1) is 11.5 Å². The van der Waals surface area contributed by atoms with Crippen LogP contribution in [0.3, 0.4) is 0 Å². The van der Waals surface area contributed by atoms with Gasteiger partial charge in [-0.1, -0.05) is 22.0 Å². The maximum Gasteiger partial charge on any atom is 0.408 e. The third kappa shape index (κ3) is 4.54. The van der Waals surface area contributed by atoms with Crippen LogP contribution in [0.15, 0.2) is 22.7 Å². The molecule has 1 spiro atoms. The normalized spacial score (nSPS) is 30.2. The van der Waals surface area contributed by atoms with Crippen molar-refractivity contribution in [2.45, 2.75) is 61.8 Å². The number of alkyl halides is 3. The first-order chi connectivity index (χ1) is 18.6. The molecule has 0 aliphatic carbocycles. The molecular weight excluding hydrogens is 581 g/mol. The zero-order valence-corrected chi connectivity index (χ0v) is 23.0. The second-order valence-electron chi connectivity index (χ2n) is 11.3. The number of benzene rings is 1. The number of carbonyl (C=O) groups is 3. The van der Waals surface area contributed by atoms with E-state index in [9.17, 15) is 27.6 Å². The number of nitrogens with zero attached hydrogens (tertiary/aromatic N) is 3. The van der Waals surface area contributed by atoms with Crippen LogP contribution in [0.2, 0.25) is 0 Å². The van der Waals surface area contributed by atoms with Gasteiger partial charge in [-0.05, 0) is 50.2 Å². The molecule has 5 aliphatic heterocycles. The Morgan fingerprint density at radius 2 is 1.90 bits per heavy atom. The lowest BCUT2D eigenvalue weighted by Crippen LogP contribution is -2.58. The number of carbonyl (C=O) groups excluding carboxylic acids is 3. The molecule has 6 rings (SSSR count). The Labute approximate surface area is 232 Å². The lowest BCUT2D eigenvalue weighted by Gasteiger charge is -2.41. The van der Waals surface area contributed by atoms with Crippen LogP contribution in [0, 0.1) is 5.92 Å². The summed E-state index contributed by atoms with van der Waals surface area (Å²) in [6.07, 6.45) is -2.83. The molecule has 39 heavy (non-hydrogen) atoms. The lowest BCUT2D eigenvalue weighted by molar-refractivity contribution is -0.182. The molecule has 3 N–H and O–H groups in total. The molecular formula is C26H32BrF3N6O3. The fraction of sp³-hybridized carbons (Fsp3) is 0.654. The Morgan fingerprint density at radius 3 is 2.64 bits per heavy atom. The van der Waals surface area contributed by atoms with E-state index in [4.69, 9.17) is 0 Å². The van der Waals surface area contributed by atoms with Crippen molar-refractivity contribution in [3.8, 4) is 0 Å². The topological polar surface area (TPSA) is 97.0 Å². The van der Waals surface area contributed by atoms with Crippen molar-refractivity contribution < 1.29 is 27.6 Å². The molecule has 0 radical (unpaired) electrons. The van der Waals surface area contributed by atoms with Crippen LogP contribution in [0.25, 0.3) is 0 Å². The summed E-state index contributed by atoms with van der Waals surface area (Å²) in [6, 6.07) is 3.57. The molecule has 1 aromatic carbocycles. The van der Waals surface area contributed by atoms with E-state index in [0.29, 0.717) is 50.1 Å². The van der Waals surface area contributed by atoms with Gasteiger partial charge in [-0.2, -0.15) is 13.2 Å². The van der Waals surface area contributed by atoms with E-state index in [1.165, 1.54) is 4.90 Å². The minimum Gasteiger partial charge on any atom is -0.341 e. The molecule has 0 aromatic heterocycles. The van der Waals surface area contributed by atoms with Gasteiger partial charge in [-0.25, -0.2) is 0 Å². The Morgan fingerprint density at radius 1 is 1.13 bits per heavy atom. The summed E-state index contributed by atoms with van der Waals surface area (Å²) in [7, 11) is 0. The first-order valence-electron chi connectivity index (χ1n) is 13.6. The van der Waals surface area contributed by atoms with Crippen molar-refractivity contribution in [2.24, 2.45) is 5.92 Å². The summed E-state index contributed by atoms with van der Waals surface area (Å²) < 4.78 is 41.3. The predicted molar refractivity (Wildman–Crippen MR) is 140 cm³/mol.